The van der Waals surface area contributed by atoms with Gasteiger partial charge in [-0.1, -0.05) is 26.0 Å². The van der Waals surface area contributed by atoms with Crippen molar-refractivity contribution in [3.05, 3.63) is 41.5 Å². The molecule has 0 radical (unpaired) electrons. The molecule has 0 bridgehead atoms. The Morgan fingerprint density at radius 3 is 2.63 bits per heavy atom. The number of carbonyl (C=O) groups excluding carboxylic acids is 1. The minimum Gasteiger partial charge on any atom is -0.375 e. The van der Waals surface area contributed by atoms with E-state index < -0.39 is 0 Å². The van der Waals surface area contributed by atoms with E-state index in [1.807, 2.05) is 0 Å². The van der Waals surface area contributed by atoms with Gasteiger partial charge in [-0.2, -0.15) is 0 Å². The molecule has 2 heterocycles. The van der Waals surface area contributed by atoms with Crippen LogP contribution in [-0.4, -0.2) is 58.6 Å². The Balaban J connectivity index is 1.69. The molecule has 1 aromatic carbocycles. The topological polar surface area (TPSA) is 72.3 Å². The number of thioether (sulfide) groups is 1. The zero-order valence-corrected chi connectivity index (χ0v) is 19.2. The molecule has 1 amide bonds. The lowest BCUT2D eigenvalue weighted by molar-refractivity contribution is -0.125. The Hall–Kier alpha value is -1.90. The number of hydrogen-bond acceptors (Lipinski definition) is 6. The summed E-state index contributed by atoms with van der Waals surface area (Å²) in [5, 5.41) is 12.0. The Morgan fingerprint density at radius 2 is 1.97 bits per heavy atom. The summed E-state index contributed by atoms with van der Waals surface area (Å²) in [5.41, 5.74) is 1.33. The third kappa shape index (κ3) is 6.06. The van der Waals surface area contributed by atoms with Crippen LogP contribution in [-0.2, 0) is 29.0 Å². The zero-order chi connectivity index (χ0) is 21.5. The van der Waals surface area contributed by atoms with Crippen molar-refractivity contribution >= 4 is 17.7 Å². The summed E-state index contributed by atoms with van der Waals surface area (Å²) in [4.78, 5) is 15.9. The predicted molar refractivity (Wildman–Crippen MR) is 119 cm³/mol. The van der Waals surface area contributed by atoms with Gasteiger partial charge in [0.25, 0.3) is 0 Å². The summed E-state index contributed by atoms with van der Waals surface area (Å²) in [7, 11) is 1.53. The number of benzene rings is 1. The smallest absolute Gasteiger partial charge is 0.246 e. The zero-order valence-electron chi connectivity index (χ0n) is 18.4. The molecule has 0 unspecified atom stereocenters. The van der Waals surface area contributed by atoms with Gasteiger partial charge in [-0.25, -0.2) is 0 Å². The molecule has 1 N–H and O–H groups in total. The molecular formula is C22H33N5O2S. The van der Waals surface area contributed by atoms with Gasteiger partial charge in [-0.05, 0) is 36.3 Å². The Kier molecular flexibility index (Phi) is 8.30. The van der Waals surface area contributed by atoms with Gasteiger partial charge in [0.2, 0.25) is 5.91 Å². The first-order valence-electron chi connectivity index (χ1n) is 10.6. The van der Waals surface area contributed by atoms with E-state index in [2.05, 4.69) is 69.3 Å². The highest BCUT2D eigenvalue weighted by Gasteiger charge is 2.26. The predicted octanol–water partition coefficient (Wildman–Crippen LogP) is 2.91. The largest absolute Gasteiger partial charge is 0.375 e. The molecule has 30 heavy (non-hydrogen) atoms. The third-order valence-electron chi connectivity index (χ3n) is 5.34. The molecule has 3 rings (SSSR count). The maximum Gasteiger partial charge on any atom is 0.246 e. The van der Waals surface area contributed by atoms with Crippen LogP contribution in [0.25, 0.3) is 0 Å². The van der Waals surface area contributed by atoms with Crippen molar-refractivity contribution in [1.29, 1.82) is 0 Å². The van der Waals surface area contributed by atoms with Crippen molar-refractivity contribution in [1.82, 2.24) is 25.0 Å². The van der Waals surface area contributed by atoms with Crippen LogP contribution < -0.4 is 5.32 Å². The van der Waals surface area contributed by atoms with Gasteiger partial charge in [0.1, 0.15) is 12.4 Å². The van der Waals surface area contributed by atoms with Crippen LogP contribution in [0.1, 0.15) is 43.5 Å². The molecule has 8 heteroatoms. The van der Waals surface area contributed by atoms with E-state index in [-0.39, 0.29) is 18.6 Å². The molecule has 1 aromatic heterocycles. The molecular weight excluding hydrogens is 398 g/mol. The van der Waals surface area contributed by atoms with Crippen LogP contribution in [0.3, 0.4) is 0 Å². The minimum absolute atomic E-state index is 0.0543. The highest BCUT2D eigenvalue weighted by Crippen LogP contribution is 2.23. The molecule has 0 fully saturated rings. The number of ether oxygens (including phenoxy) is 1. The van der Waals surface area contributed by atoms with Gasteiger partial charge in [0.15, 0.2) is 5.82 Å². The van der Waals surface area contributed by atoms with Crippen molar-refractivity contribution in [2.75, 3.05) is 33.1 Å². The minimum atomic E-state index is -0.153. The van der Waals surface area contributed by atoms with E-state index >= 15 is 0 Å². The van der Waals surface area contributed by atoms with Crippen molar-refractivity contribution < 1.29 is 9.53 Å². The fourth-order valence-electron chi connectivity index (χ4n) is 3.86. The van der Waals surface area contributed by atoms with Gasteiger partial charge in [0.05, 0.1) is 6.04 Å². The number of carbonyl (C=O) groups is 1. The van der Waals surface area contributed by atoms with Crippen LogP contribution in [0.2, 0.25) is 0 Å². The first kappa shape index (κ1) is 22.8. The van der Waals surface area contributed by atoms with Crippen LogP contribution in [0.5, 0.6) is 0 Å². The molecule has 164 valence electrons. The van der Waals surface area contributed by atoms with Crippen molar-refractivity contribution in [2.45, 2.75) is 50.7 Å². The number of rotatable bonds is 9. The molecule has 7 nitrogen and oxygen atoms in total. The summed E-state index contributed by atoms with van der Waals surface area (Å²) in [5.74, 6) is 2.16. The molecule has 1 aliphatic heterocycles. The number of nitrogens with one attached hydrogen (secondary N) is 1. The lowest BCUT2D eigenvalue weighted by Gasteiger charge is -2.22. The Morgan fingerprint density at radius 1 is 1.20 bits per heavy atom. The number of aromatic nitrogens is 3. The molecule has 0 saturated carbocycles. The maximum atomic E-state index is 12.2. The van der Waals surface area contributed by atoms with Crippen LogP contribution in [0.15, 0.2) is 29.2 Å². The van der Waals surface area contributed by atoms with E-state index in [4.69, 9.17) is 4.74 Å². The van der Waals surface area contributed by atoms with E-state index in [1.54, 1.807) is 11.8 Å². The highest BCUT2D eigenvalue weighted by atomic mass is 32.2. The quantitative estimate of drug-likeness (QED) is 0.616. The standard InChI is InChI=1S/C22H33N5O2S/c1-16(2)13-19(23-21(28)15-29-3)22-25-24-20-9-10-26(11-12-27(20)22)14-17-5-7-18(30-4)8-6-17/h5-8,16,19H,9-15H2,1-4H3,(H,23,28)/t19-/m0/s1. The molecule has 0 spiro atoms. The first-order valence-corrected chi connectivity index (χ1v) is 11.8. The van der Waals surface area contributed by atoms with Crippen LogP contribution in [0, 0.1) is 5.92 Å². The van der Waals surface area contributed by atoms with E-state index in [9.17, 15) is 4.79 Å². The number of fused-ring (bicyclic) bond motifs is 1. The summed E-state index contributed by atoms with van der Waals surface area (Å²) in [6.07, 6.45) is 3.77. The molecule has 0 aliphatic carbocycles. The lowest BCUT2D eigenvalue weighted by atomic mass is 10.0. The van der Waals surface area contributed by atoms with Crippen molar-refractivity contribution in [3.63, 3.8) is 0 Å². The second-order valence-electron chi connectivity index (χ2n) is 8.18. The lowest BCUT2D eigenvalue weighted by Crippen LogP contribution is -2.34. The number of amides is 1. The average molecular weight is 432 g/mol. The Bertz CT molecular complexity index is 821. The second kappa shape index (κ2) is 10.9. The average Bonchev–Trinajstić information content (AvgIpc) is 3.02. The van der Waals surface area contributed by atoms with Crippen molar-refractivity contribution in [2.24, 2.45) is 5.92 Å². The van der Waals surface area contributed by atoms with Gasteiger partial charge >= 0.3 is 0 Å². The molecule has 1 aliphatic rings. The molecule has 2 aromatic rings. The SMILES string of the molecule is COCC(=O)N[C@@H](CC(C)C)c1nnc2n1CCN(Cc1ccc(SC)cc1)CC2. The third-order valence-corrected chi connectivity index (χ3v) is 6.09. The fraction of sp³-hybridized carbons (Fsp3) is 0.591. The summed E-state index contributed by atoms with van der Waals surface area (Å²) < 4.78 is 7.19. The van der Waals surface area contributed by atoms with E-state index in [0.717, 1.165) is 50.7 Å². The van der Waals surface area contributed by atoms with E-state index in [1.165, 1.54) is 17.6 Å². The number of methoxy groups -OCH3 is 1. The van der Waals surface area contributed by atoms with Crippen LogP contribution in [0.4, 0.5) is 0 Å². The normalized spacial score (nSPS) is 15.6. The van der Waals surface area contributed by atoms with E-state index in [0.29, 0.717) is 5.92 Å². The Labute approximate surface area is 183 Å². The van der Waals surface area contributed by atoms with Gasteiger partial charge in [-0.15, -0.1) is 22.0 Å². The second-order valence-corrected chi connectivity index (χ2v) is 9.06. The monoisotopic (exact) mass is 431 g/mol. The van der Waals surface area contributed by atoms with Gasteiger partial charge < -0.3 is 14.6 Å². The first-order chi connectivity index (χ1) is 14.5. The van der Waals surface area contributed by atoms with Crippen molar-refractivity contribution in [3.8, 4) is 0 Å². The highest BCUT2D eigenvalue weighted by molar-refractivity contribution is 7.98. The number of hydrogen-bond donors (Lipinski definition) is 1. The summed E-state index contributed by atoms with van der Waals surface area (Å²) >= 11 is 1.77. The summed E-state index contributed by atoms with van der Waals surface area (Å²) in [6.45, 7) is 8.00. The van der Waals surface area contributed by atoms with Gasteiger partial charge in [0, 0.05) is 44.6 Å². The maximum absolute atomic E-state index is 12.2. The van der Waals surface area contributed by atoms with Crippen LogP contribution >= 0.6 is 11.8 Å². The fourth-order valence-corrected chi connectivity index (χ4v) is 4.27. The number of nitrogens with zero attached hydrogens (tertiary/aromatic N) is 4. The molecule has 0 saturated heterocycles. The summed E-state index contributed by atoms with van der Waals surface area (Å²) in [6, 6.07) is 8.65. The van der Waals surface area contributed by atoms with Gasteiger partial charge in [-0.3, -0.25) is 9.69 Å². The molecule has 1 atom stereocenters.